The van der Waals surface area contributed by atoms with Gasteiger partial charge in [-0.15, -0.1) is 0 Å². The minimum Gasteiger partial charge on any atom is -0.401 e. The largest absolute Gasteiger partial charge is 0.401 e. The highest BCUT2D eigenvalue weighted by atomic mass is 19.1. The van der Waals surface area contributed by atoms with E-state index in [0.29, 0.717) is 34.9 Å². The van der Waals surface area contributed by atoms with Gasteiger partial charge in [0, 0.05) is 60.8 Å². The van der Waals surface area contributed by atoms with Gasteiger partial charge >= 0.3 is 0 Å². The van der Waals surface area contributed by atoms with Crippen LogP contribution < -0.4 is 17.3 Å². The van der Waals surface area contributed by atoms with Gasteiger partial charge in [-0.25, -0.2) is 10.2 Å². The summed E-state index contributed by atoms with van der Waals surface area (Å²) in [5.41, 5.74) is 16.3. The minimum absolute atomic E-state index is 0.289. The average molecular weight is 519 g/mol. The molecule has 0 unspecified atom stereocenters. The van der Waals surface area contributed by atoms with Gasteiger partial charge < -0.3 is 25.8 Å². The van der Waals surface area contributed by atoms with E-state index < -0.39 is 5.54 Å². The molecule has 8 heteroatoms. The van der Waals surface area contributed by atoms with Gasteiger partial charge in [-0.1, -0.05) is 48.5 Å². The molecule has 5 rings (SSSR count). The Hall–Kier alpha value is -3.46. The molecular formula is C30H39FN6O. The second-order valence-corrected chi connectivity index (χ2v) is 10.6. The van der Waals surface area contributed by atoms with Crippen LogP contribution in [0.25, 0.3) is 27.6 Å². The van der Waals surface area contributed by atoms with Gasteiger partial charge in [-0.3, -0.25) is 4.98 Å². The van der Waals surface area contributed by atoms with Crippen LogP contribution in [-0.4, -0.2) is 34.8 Å². The van der Waals surface area contributed by atoms with Crippen LogP contribution in [0.4, 0.5) is 4.39 Å². The van der Waals surface area contributed by atoms with Crippen LogP contribution in [0.2, 0.25) is 0 Å². The van der Waals surface area contributed by atoms with Crippen molar-refractivity contribution in [2.45, 2.75) is 45.7 Å². The van der Waals surface area contributed by atoms with Crippen molar-refractivity contribution in [3.05, 3.63) is 83.4 Å². The summed E-state index contributed by atoms with van der Waals surface area (Å²) in [6, 6.07) is 17.7. The predicted molar refractivity (Wildman–Crippen MR) is 153 cm³/mol. The Morgan fingerprint density at radius 2 is 1.74 bits per heavy atom. The summed E-state index contributed by atoms with van der Waals surface area (Å²) in [6.07, 6.45) is 3.63. The number of ether oxygens (including phenoxy) is 1. The Bertz CT molecular complexity index is 1390. The Morgan fingerprint density at radius 1 is 1.13 bits per heavy atom. The number of nitrogens with zero attached hydrogens (tertiary/aromatic N) is 3. The summed E-state index contributed by atoms with van der Waals surface area (Å²) in [5.74, 6) is 6.14. The maximum absolute atomic E-state index is 15.9. The molecule has 2 aromatic heterocycles. The van der Waals surface area contributed by atoms with Crippen molar-refractivity contribution >= 4 is 27.6 Å². The molecule has 7 nitrogen and oxygen atoms in total. The number of rotatable bonds is 5. The third kappa shape index (κ3) is 5.83. The van der Waals surface area contributed by atoms with Crippen molar-refractivity contribution in [2.75, 3.05) is 20.3 Å². The molecule has 0 spiro atoms. The number of fused-ring (bicyclic) bond motifs is 3. The Labute approximate surface area is 224 Å². The molecule has 1 aliphatic heterocycles. The SMILES string of the molecule is C/C(N)=C(\c1cnc2c3ccc(C(C)(C)N)c(F)c3n(CC3CCOCC3)c2c1)N(C)N.c1ccccc1. The number of hydrogen-bond acceptors (Lipinski definition) is 6. The molecular weight excluding hydrogens is 479 g/mol. The van der Waals surface area contributed by atoms with Crippen molar-refractivity contribution < 1.29 is 9.13 Å². The van der Waals surface area contributed by atoms with Gasteiger partial charge in [0.25, 0.3) is 0 Å². The lowest BCUT2D eigenvalue weighted by molar-refractivity contribution is 0.0619. The molecule has 0 atom stereocenters. The topological polar surface area (TPSA) is 108 Å². The van der Waals surface area contributed by atoms with E-state index in [1.54, 1.807) is 26.2 Å². The zero-order valence-corrected chi connectivity index (χ0v) is 22.7. The third-order valence-electron chi connectivity index (χ3n) is 6.94. The van der Waals surface area contributed by atoms with Gasteiger partial charge in [-0.05, 0) is 45.6 Å². The lowest BCUT2D eigenvalue weighted by Gasteiger charge is -2.24. The zero-order chi connectivity index (χ0) is 27.4. The highest BCUT2D eigenvalue weighted by molar-refractivity contribution is 6.06. The summed E-state index contributed by atoms with van der Waals surface area (Å²) >= 11 is 0. The minimum atomic E-state index is -0.800. The molecule has 1 saturated heterocycles. The molecule has 0 bridgehead atoms. The fourth-order valence-electron chi connectivity index (χ4n) is 5.10. The Kier molecular flexibility index (Phi) is 8.35. The number of hydrazine groups is 1. The number of pyridine rings is 1. The maximum Gasteiger partial charge on any atom is 0.152 e. The van der Waals surface area contributed by atoms with E-state index in [-0.39, 0.29) is 5.82 Å². The van der Waals surface area contributed by atoms with Crippen LogP contribution in [0.5, 0.6) is 0 Å². The molecule has 6 N–H and O–H groups in total. The first-order chi connectivity index (χ1) is 18.1. The van der Waals surface area contributed by atoms with Crippen molar-refractivity contribution in [1.29, 1.82) is 0 Å². The van der Waals surface area contributed by atoms with E-state index in [1.807, 2.05) is 62.4 Å². The molecule has 202 valence electrons. The molecule has 0 saturated carbocycles. The first-order valence-corrected chi connectivity index (χ1v) is 13.0. The van der Waals surface area contributed by atoms with Crippen molar-refractivity contribution in [3.63, 3.8) is 0 Å². The molecule has 38 heavy (non-hydrogen) atoms. The molecule has 4 aromatic rings. The van der Waals surface area contributed by atoms with Gasteiger partial charge in [0.05, 0.1) is 22.2 Å². The standard InChI is InChI=1S/C24H33FN6O.C6H6/c1-14(26)22(30(4)28)16-11-19-21(29-12-16)17-5-6-18(24(2,3)27)20(25)23(17)31(19)13-15-7-9-32-10-8-15;1-2-4-6-5-3-1/h5-6,11-12,15H,7-10,13,26-28H2,1-4H3;1-6H/b22-14-;. The van der Waals surface area contributed by atoms with Crippen LogP contribution in [0, 0.1) is 11.7 Å². The van der Waals surface area contributed by atoms with Gasteiger partial charge in [0.15, 0.2) is 5.82 Å². The van der Waals surface area contributed by atoms with Crippen molar-refractivity contribution in [2.24, 2.45) is 23.2 Å². The highest BCUT2D eigenvalue weighted by Gasteiger charge is 2.26. The molecule has 0 amide bonds. The number of aromatic nitrogens is 2. The van der Waals surface area contributed by atoms with E-state index >= 15 is 4.39 Å². The van der Waals surface area contributed by atoms with E-state index in [9.17, 15) is 0 Å². The summed E-state index contributed by atoms with van der Waals surface area (Å²) in [6.45, 7) is 7.57. The first kappa shape index (κ1) is 27.6. The van der Waals surface area contributed by atoms with Crippen LogP contribution in [0.1, 0.15) is 44.7 Å². The van der Waals surface area contributed by atoms with Crippen LogP contribution in [0.15, 0.2) is 66.5 Å². The number of allylic oxidation sites excluding steroid dienone is 1. The van der Waals surface area contributed by atoms with Crippen molar-refractivity contribution in [3.8, 4) is 0 Å². The van der Waals surface area contributed by atoms with E-state index in [0.717, 1.165) is 48.0 Å². The number of benzene rings is 2. The van der Waals surface area contributed by atoms with Crippen molar-refractivity contribution in [1.82, 2.24) is 14.6 Å². The van der Waals surface area contributed by atoms with E-state index in [4.69, 9.17) is 27.0 Å². The summed E-state index contributed by atoms with van der Waals surface area (Å²) in [4.78, 5) is 4.73. The fraction of sp³-hybridized carbons (Fsp3) is 0.367. The monoisotopic (exact) mass is 518 g/mol. The van der Waals surface area contributed by atoms with Gasteiger partial charge in [0.1, 0.15) is 0 Å². The molecule has 0 aliphatic carbocycles. The molecule has 1 aliphatic rings. The zero-order valence-electron chi connectivity index (χ0n) is 22.7. The molecule has 1 fully saturated rings. The van der Waals surface area contributed by atoms with E-state index in [2.05, 4.69) is 4.57 Å². The van der Waals surface area contributed by atoms with Crippen LogP contribution >= 0.6 is 0 Å². The quantitative estimate of drug-likeness (QED) is 0.251. The third-order valence-corrected chi connectivity index (χ3v) is 6.94. The maximum atomic E-state index is 15.9. The highest BCUT2D eigenvalue weighted by Crippen LogP contribution is 2.36. The lowest BCUT2D eigenvalue weighted by atomic mass is 9.94. The summed E-state index contributed by atoms with van der Waals surface area (Å²) in [7, 11) is 1.74. The second-order valence-electron chi connectivity index (χ2n) is 10.6. The van der Waals surface area contributed by atoms with Crippen LogP contribution in [-0.2, 0) is 16.8 Å². The molecule has 3 heterocycles. The molecule has 2 aromatic carbocycles. The normalized spacial score (nSPS) is 15.2. The first-order valence-electron chi connectivity index (χ1n) is 13.0. The van der Waals surface area contributed by atoms with Gasteiger partial charge in [-0.2, -0.15) is 0 Å². The number of hydrogen-bond donors (Lipinski definition) is 3. The van der Waals surface area contributed by atoms with Gasteiger partial charge in [0.2, 0.25) is 0 Å². The Morgan fingerprint density at radius 3 is 2.26 bits per heavy atom. The second kappa shape index (κ2) is 11.5. The number of halogens is 1. The van der Waals surface area contributed by atoms with E-state index in [1.165, 1.54) is 5.01 Å². The summed E-state index contributed by atoms with van der Waals surface area (Å²) in [5, 5.41) is 2.26. The fourth-order valence-corrected chi connectivity index (χ4v) is 5.10. The smallest absolute Gasteiger partial charge is 0.152 e. The summed E-state index contributed by atoms with van der Waals surface area (Å²) < 4.78 is 23.5. The number of nitrogens with two attached hydrogens (primary N) is 3. The predicted octanol–water partition coefficient (Wildman–Crippen LogP) is 5.09. The van der Waals surface area contributed by atoms with Crippen LogP contribution in [0.3, 0.4) is 0 Å². The Balaban J connectivity index is 0.000000494. The molecule has 0 radical (unpaired) electrons. The lowest BCUT2D eigenvalue weighted by Crippen LogP contribution is -2.30. The average Bonchev–Trinajstić information content (AvgIpc) is 3.19.